The molecule has 5 rings (SSSR count). The molecule has 2 amide bonds. The first-order valence-electron chi connectivity index (χ1n) is 12.7. The number of likely N-dealkylation sites (tertiary alicyclic amines) is 1. The van der Waals surface area contributed by atoms with Gasteiger partial charge in [0, 0.05) is 36.7 Å². The lowest BCUT2D eigenvalue weighted by molar-refractivity contribution is -0.145. The van der Waals surface area contributed by atoms with Crippen LogP contribution >= 0.6 is 0 Å². The number of rotatable bonds is 6. The van der Waals surface area contributed by atoms with Crippen LogP contribution in [0.2, 0.25) is 0 Å². The van der Waals surface area contributed by atoms with Gasteiger partial charge in [-0.1, -0.05) is 32.1 Å². The number of hydrogen-bond donors (Lipinski definition) is 2. The third-order valence-electron chi connectivity index (χ3n) is 7.72. The Labute approximate surface area is 209 Å². The number of carbonyl (C=O) groups is 2. The average molecular weight is 502 g/mol. The van der Waals surface area contributed by atoms with Crippen LogP contribution < -0.4 is 5.32 Å². The quantitative estimate of drug-likeness (QED) is 0.633. The highest BCUT2D eigenvalue weighted by atomic mass is 19.1. The predicted octanol–water partition coefficient (Wildman–Crippen LogP) is 3.18. The summed E-state index contributed by atoms with van der Waals surface area (Å²) in [7, 11) is 0. The SMILES string of the molecule is CC(C)(C)[C@@H](C(=O)N1C[C@H](O)C[C@H]1C(=O)NC1(c2ccc(F)cc2F)CCC1)n1cc(C2CC2)nn1. The normalized spacial score (nSPS) is 24.3. The smallest absolute Gasteiger partial charge is 0.248 e. The van der Waals surface area contributed by atoms with E-state index in [1.165, 1.54) is 17.0 Å². The molecule has 194 valence electrons. The Balaban J connectivity index is 1.40. The fourth-order valence-corrected chi connectivity index (χ4v) is 5.51. The summed E-state index contributed by atoms with van der Waals surface area (Å²) in [5.41, 5.74) is -0.387. The van der Waals surface area contributed by atoms with Crippen LogP contribution in [0, 0.1) is 17.0 Å². The summed E-state index contributed by atoms with van der Waals surface area (Å²) in [4.78, 5) is 28.9. The number of aliphatic hydroxyl groups excluding tert-OH is 1. The second-order valence-corrected chi connectivity index (χ2v) is 11.6. The Bertz CT molecular complexity index is 1170. The molecule has 3 fully saturated rings. The molecule has 0 bridgehead atoms. The molecule has 1 aromatic heterocycles. The highest BCUT2D eigenvalue weighted by molar-refractivity contribution is 5.90. The summed E-state index contributed by atoms with van der Waals surface area (Å²) in [6.07, 6.45) is 4.97. The maximum absolute atomic E-state index is 14.6. The molecule has 36 heavy (non-hydrogen) atoms. The van der Waals surface area contributed by atoms with Gasteiger partial charge in [-0.05, 0) is 43.6 Å². The minimum absolute atomic E-state index is 0.0194. The third-order valence-corrected chi connectivity index (χ3v) is 7.72. The van der Waals surface area contributed by atoms with Crippen LogP contribution in [0.5, 0.6) is 0 Å². The van der Waals surface area contributed by atoms with Crippen molar-refractivity contribution < 1.29 is 23.5 Å². The van der Waals surface area contributed by atoms with Crippen LogP contribution in [0.25, 0.3) is 0 Å². The van der Waals surface area contributed by atoms with Gasteiger partial charge in [0.2, 0.25) is 11.8 Å². The molecule has 2 saturated carbocycles. The van der Waals surface area contributed by atoms with Crippen molar-refractivity contribution in [2.75, 3.05) is 6.54 Å². The number of nitrogens with zero attached hydrogens (tertiary/aromatic N) is 4. The molecule has 3 aliphatic rings. The van der Waals surface area contributed by atoms with Gasteiger partial charge in [0.05, 0.1) is 17.3 Å². The summed E-state index contributed by atoms with van der Waals surface area (Å²) in [5.74, 6) is -1.78. The van der Waals surface area contributed by atoms with Crippen molar-refractivity contribution in [2.45, 2.75) is 88.9 Å². The topological polar surface area (TPSA) is 100 Å². The maximum atomic E-state index is 14.6. The van der Waals surface area contributed by atoms with E-state index >= 15 is 0 Å². The molecule has 0 unspecified atom stereocenters. The number of benzene rings is 1. The van der Waals surface area contributed by atoms with Gasteiger partial charge in [-0.15, -0.1) is 5.10 Å². The zero-order valence-corrected chi connectivity index (χ0v) is 20.9. The largest absolute Gasteiger partial charge is 0.391 e. The van der Waals surface area contributed by atoms with Crippen molar-refractivity contribution in [1.29, 1.82) is 0 Å². The molecule has 3 atom stereocenters. The molecule has 2 heterocycles. The summed E-state index contributed by atoms with van der Waals surface area (Å²) in [5, 5.41) is 21.9. The Morgan fingerprint density at radius 3 is 2.53 bits per heavy atom. The van der Waals surface area contributed by atoms with Crippen molar-refractivity contribution in [3.05, 3.63) is 47.3 Å². The van der Waals surface area contributed by atoms with Crippen LogP contribution in [0.3, 0.4) is 0 Å². The number of amides is 2. The van der Waals surface area contributed by atoms with Gasteiger partial charge >= 0.3 is 0 Å². The van der Waals surface area contributed by atoms with Gasteiger partial charge in [-0.2, -0.15) is 0 Å². The van der Waals surface area contributed by atoms with Gasteiger partial charge in [-0.3, -0.25) is 9.59 Å². The average Bonchev–Trinajstić information content (AvgIpc) is 3.37. The molecule has 8 nitrogen and oxygen atoms in total. The number of aliphatic hydroxyl groups is 1. The fourth-order valence-electron chi connectivity index (χ4n) is 5.51. The molecule has 1 saturated heterocycles. The molecule has 10 heteroatoms. The zero-order chi connectivity index (χ0) is 25.8. The van der Waals surface area contributed by atoms with Crippen LogP contribution in [0.1, 0.15) is 82.5 Å². The van der Waals surface area contributed by atoms with E-state index in [-0.39, 0.29) is 24.4 Å². The molecular weight excluding hydrogens is 468 g/mol. The first-order chi connectivity index (χ1) is 17.0. The number of hydrogen-bond acceptors (Lipinski definition) is 5. The van der Waals surface area contributed by atoms with E-state index in [0.29, 0.717) is 18.8 Å². The Morgan fingerprint density at radius 1 is 1.22 bits per heavy atom. The summed E-state index contributed by atoms with van der Waals surface area (Å²) < 4.78 is 29.7. The minimum atomic E-state index is -0.953. The van der Waals surface area contributed by atoms with E-state index in [2.05, 4.69) is 15.6 Å². The van der Waals surface area contributed by atoms with Crippen LogP contribution in [-0.4, -0.2) is 55.5 Å². The van der Waals surface area contributed by atoms with E-state index < -0.39 is 46.7 Å². The second kappa shape index (κ2) is 8.90. The van der Waals surface area contributed by atoms with E-state index in [1.807, 2.05) is 27.0 Å². The summed E-state index contributed by atoms with van der Waals surface area (Å²) >= 11 is 0. The third kappa shape index (κ3) is 4.51. The standard InChI is InChI=1S/C26H33F2N5O3/c1-25(2,3)22(33-14-20(30-31-33)15-5-6-15)24(36)32-13-17(34)12-21(32)23(35)29-26(9-4-10-26)18-8-7-16(27)11-19(18)28/h7-8,11,14-15,17,21-22,34H,4-6,9-10,12-13H2,1-3H3,(H,29,35)/t17-,21+,22-/m1/s1. The Morgan fingerprint density at radius 2 is 1.94 bits per heavy atom. The number of nitrogens with one attached hydrogen (secondary N) is 1. The maximum Gasteiger partial charge on any atom is 0.248 e. The Kier molecular flexibility index (Phi) is 6.13. The molecule has 2 aliphatic carbocycles. The van der Waals surface area contributed by atoms with Gasteiger partial charge in [0.25, 0.3) is 0 Å². The van der Waals surface area contributed by atoms with E-state index in [9.17, 15) is 23.5 Å². The van der Waals surface area contributed by atoms with Crippen molar-refractivity contribution >= 4 is 11.8 Å². The lowest BCUT2D eigenvalue weighted by Crippen LogP contribution is -2.57. The van der Waals surface area contributed by atoms with Crippen LogP contribution in [0.4, 0.5) is 8.78 Å². The molecule has 0 spiro atoms. The highest BCUT2D eigenvalue weighted by Crippen LogP contribution is 2.43. The molecular formula is C26H33F2N5O3. The van der Waals surface area contributed by atoms with Crippen molar-refractivity contribution in [3.8, 4) is 0 Å². The van der Waals surface area contributed by atoms with E-state index in [0.717, 1.165) is 31.0 Å². The fraction of sp³-hybridized carbons (Fsp3) is 0.615. The van der Waals surface area contributed by atoms with Gasteiger partial charge in [0.15, 0.2) is 0 Å². The molecule has 2 aromatic rings. The second-order valence-electron chi connectivity index (χ2n) is 11.6. The number of halogens is 2. The van der Waals surface area contributed by atoms with Gasteiger partial charge < -0.3 is 15.3 Å². The first kappa shape index (κ1) is 24.8. The predicted molar refractivity (Wildman–Crippen MR) is 127 cm³/mol. The number of β-amino-alcohol motifs (C(OH)–C–C–N with tert-alkyl or cyclic N) is 1. The highest BCUT2D eigenvalue weighted by Gasteiger charge is 2.48. The molecule has 0 radical (unpaired) electrons. The van der Waals surface area contributed by atoms with Crippen LogP contribution in [-0.2, 0) is 15.1 Å². The van der Waals surface area contributed by atoms with Crippen molar-refractivity contribution in [2.24, 2.45) is 5.41 Å². The Hall–Kier alpha value is -2.88. The number of carbonyl (C=O) groups excluding carboxylic acids is 2. The zero-order valence-electron chi connectivity index (χ0n) is 20.9. The lowest BCUT2D eigenvalue weighted by Gasteiger charge is -2.44. The van der Waals surface area contributed by atoms with Crippen LogP contribution in [0.15, 0.2) is 24.4 Å². The molecule has 2 N–H and O–H groups in total. The van der Waals surface area contributed by atoms with Gasteiger partial charge in [0.1, 0.15) is 23.7 Å². The van der Waals surface area contributed by atoms with Crippen molar-refractivity contribution in [3.63, 3.8) is 0 Å². The van der Waals surface area contributed by atoms with E-state index in [1.54, 1.807) is 4.68 Å². The first-order valence-corrected chi connectivity index (χ1v) is 12.7. The molecule has 1 aromatic carbocycles. The molecule has 1 aliphatic heterocycles. The summed E-state index contributed by atoms with van der Waals surface area (Å²) in [6.45, 7) is 5.80. The van der Waals surface area contributed by atoms with E-state index in [4.69, 9.17) is 0 Å². The monoisotopic (exact) mass is 501 g/mol. The minimum Gasteiger partial charge on any atom is -0.391 e. The lowest BCUT2D eigenvalue weighted by atomic mass is 9.71. The summed E-state index contributed by atoms with van der Waals surface area (Å²) in [6, 6.07) is 1.74. The van der Waals surface area contributed by atoms with Crippen molar-refractivity contribution in [1.82, 2.24) is 25.2 Å². The number of aromatic nitrogens is 3. The van der Waals surface area contributed by atoms with Gasteiger partial charge in [-0.25, -0.2) is 13.5 Å².